The summed E-state index contributed by atoms with van der Waals surface area (Å²) in [5, 5.41) is 18.7. The minimum Gasteiger partial charge on any atom is -0.475 e. The van der Waals surface area contributed by atoms with E-state index < -0.39 is 0 Å². The van der Waals surface area contributed by atoms with Gasteiger partial charge in [-0.05, 0) is 24.5 Å². The molecule has 0 spiro atoms. The van der Waals surface area contributed by atoms with E-state index in [2.05, 4.69) is 18.0 Å². The summed E-state index contributed by atoms with van der Waals surface area (Å²) < 4.78 is 4.97. The Balaban J connectivity index is 2.97. The topological polar surface area (TPSA) is 57.6 Å². The number of allylic oxidation sites excluding steroid dienone is 2. The Kier molecular flexibility index (Phi) is 6.91. The molecule has 1 aromatic rings. The zero-order valence-electron chi connectivity index (χ0n) is 12.0. The third-order valence-electron chi connectivity index (χ3n) is 2.81. The van der Waals surface area contributed by atoms with Crippen molar-refractivity contribution in [3.8, 4) is 0 Å². The molecule has 1 aromatic carbocycles. The molecule has 0 saturated carbocycles. The van der Waals surface area contributed by atoms with E-state index in [4.69, 9.17) is 10.1 Å². The number of diazo groups is 1. The van der Waals surface area contributed by atoms with Crippen LogP contribution >= 0.6 is 0 Å². The lowest BCUT2D eigenvalue weighted by atomic mass is 10.0. The van der Waals surface area contributed by atoms with Crippen LogP contribution in [0.1, 0.15) is 37.8 Å². The Morgan fingerprint density at radius 3 is 2.75 bits per heavy atom. The Labute approximate surface area is 120 Å². The van der Waals surface area contributed by atoms with E-state index in [1.54, 1.807) is 6.92 Å². The quantitative estimate of drug-likeness (QED) is 0.580. The maximum Gasteiger partial charge on any atom is 0.444 e. The summed E-state index contributed by atoms with van der Waals surface area (Å²) in [5.74, 6) is -0.331. The predicted octanol–water partition coefficient (Wildman–Crippen LogP) is 4.66. The summed E-state index contributed by atoms with van der Waals surface area (Å²) in [6.45, 7) is 4.21. The number of nitrogens with zero attached hydrogens (tertiary/aromatic N) is 2. The van der Waals surface area contributed by atoms with Gasteiger partial charge in [-0.15, -0.1) is 0 Å². The summed E-state index contributed by atoms with van der Waals surface area (Å²) in [4.78, 5) is 3.12. The van der Waals surface area contributed by atoms with E-state index in [9.17, 15) is 5.11 Å². The molecule has 20 heavy (non-hydrogen) atoms. The number of aliphatic hydroxyl groups excluding tert-OH is 1. The summed E-state index contributed by atoms with van der Waals surface area (Å²) in [5.41, 5.74) is 2.15. The van der Waals surface area contributed by atoms with Crippen LogP contribution in [0.4, 0.5) is 0 Å². The number of benzene rings is 1. The highest BCUT2D eigenvalue weighted by atomic mass is 16.6. The molecule has 0 aliphatic heterocycles. The fourth-order valence-corrected chi connectivity index (χ4v) is 1.79. The fraction of sp³-hybridized carbons (Fsp3) is 0.375. The van der Waals surface area contributed by atoms with Gasteiger partial charge in [0.15, 0.2) is 4.98 Å². The van der Waals surface area contributed by atoms with Crippen molar-refractivity contribution < 1.29 is 9.84 Å². The summed E-state index contributed by atoms with van der Waals surface area (Å²) >= 11 is 0. The lowest BCUT2D eigenvalue weighted by molar-refractivity contribution is 0.0982. The molecule has 0 radical (unpaired) electrons. The van der Waals surface area contributed by atoms with Gasteiger partial charge in [0.2, 0.25) is 5.39 Å². The standard InChI is InChI=1S/C16H20N2O2/c1-3-5-6-9-13-10-7-8-11-14(13)12-15(18-17)16(19)20-4-2/h6-11H,3-5,12H2,1-2H3/p+1/b9-6+,16-15+. The van der Waals surface area contributed by atoms with Gasteiger partial charge in [-0.1, -0.05) is 49.8 Å². The number of unbranched alkanes of at least 4 members (excludes halogenated alkanes) is 1. The second kappa shape index (κ2) is 8.76. The molecule has 4 heteroatoms. The van der Waals surface area contributed by atoms with Crippen molar-refractivity contribution >= 4 is 6.08 Å². The fourth-order valence-electron chi connectivity index (χ4n) is 1.79. The third-order valence-corrected chi connectivity index (χ3v) is 2.81. The molecule has 0 heterocycles. The van der Waals surface area contributed by atoms with Crippen LogP contribution in [0.3, 0.4) is 0 Å². The number of rotatable bonds is 7. The largest absolute Gasteiger partial charge is 0.475 e. The van der Waals surface area contributed by atoms with Crippen molar-refractivity contribution in [3.63, 3.8) is 0 Å². The molecule has 0 unspecified atom stereocenters. The maximum atomic E-state index is 9.66. The van der Waals surface area contributed by atoms with Crippen LogP contribution in [-0.4, -0.2) is 11.7 Å². The highest BCUT2D eigenvalue weighted by Crippen LogP contribution is 2.18. The van der Waals surface area contributed by atoms with Crippen LogP contribution in [0.2, 0.25) is 0 Å². The van der Waals surface area contributed by atoms with Crippen molar-refractivity contribution in [1.29, 1.82) is 5.39 Å². The molecule has 0 aromatic heterocycles. The van der Waals surface area contributed by atoms with Crippen LogP contribution in [0.25, 0.3) is 11.1 Å². The Bertz CT molecular complexity index is 528. The van der Waals surface area contributed by atoms with Crippen molar-refractivity contribution in [2.24, 2.45) is 0 Å². The highest BCUT2D eigenvalue weighted by Gasteiger charge is 2.22. The molecule has 106 valence electrons. The van der Waals surface area contributed by atoms with Crippen molar-refractivity contribution in [1.82, 2.24) is 0 Å². The second-order valence-corrected chi connectivity index (χ2v) is 4.35. The molecule has 0 bridgehead atoms. The molecular weight excluding hydrogens is 252 g/mol. The highest BCUT2D eigenvalue weighted by molar-refractivity contribution is 5.54. The van der Waals surface area contributed by atoms with Gasteiger partial charge in [-0.25, -0.2) is 0 Å². The number of ether oxygens (including phenoxy) is 1. The number of hydrogen-bond donors (Lipinski definition) is 1. The van der Waals surface area contributed by atoms with Crippen LogP contribution < -0.4 is 0 Å². The van der Waals surface area contributed by atoms with E-state index >= 15 is 0 Å². The number of hydrogen-bond acceptors (Lipinski definition) is 3. The normalized spacial score (nSPS) is 12.1. The second-order valence-electron chi connectivity index (χ2n) is 4.35. The van der Waals surface area contributed by atoms with Crippen molar-refractivity contribution in [2.45, 2.75) is 33.1 Å². The Hall–Kier alpha value is -2.28. The van der Waals surface area contributed by atoms with E-state index in [1.807, 2.05) is 30.3 Å². The van der Waals surface area contributed by atoms with Crippen molar-refractivity contribution in [3.05, 3.63) is 58.1 Å². The molecule has 0 amide bonds. The first-order valence-electron chi connectivity index (χ1n) is 6.87. The first kappa shape index (κ1) is 15.8. The first-order valence-corrected chi connectivity index (χ1v) is 6.87. The molecule has 0 fully saturated rings. The smallest absolute Gasteiger partial charge is 0.444 e. The van der Waals surface area contributed by atoms with E-state index in [1.165, 1.54) is 0 Å². The van der Waals surface area contributed by atoms with Gasteiger partial charge in [-0.3, -0.25) is 0 Å². The summed E-state index contributed by atoms with van der Waals surface area (Å²) in [7, 11) is 0. The molecule has 0 saturated heterocycles. The van der Waals surface area contributed by atoms with Gasteiger partial charge in [0.1, 0.15) is 0 Å². The van der Waals surface area contributed by atoms with Gasteiger partial charge in [0.25, 0.3) is 0 Å². The van der Waals surface area contributed by atoms with Gasteiger partial charge in [-0.2, -0.15) is 0 Å². The van der Waals surface area contributed by atoms with Crippen LogP contribution in [-0.2, 0) is 11.2 Å². The minimum atomic E-state index is -0.331. The lowest BCUT2D eigenvalue weighted by Gasteiger charge is -2.02. The van der Waals surface area contributed by atoms with Gasteiger partial charge in [0.05, 0.1) is 13.0 Å². The van der Waals surface area contributed by atoms with Crippen LogP contribution in [0, 0.1) is 5.39 Å². The SMILES string of the molecule is CCC/C=C/c1ccccc1C/C([N+]#N)=C(/O)OCC. The molecule has 0 atom stereocenters. The van der Waals surface area contributed by atoms with Crippen LogP contribution in [0.15, 0.2) is 42.0 Å². The molecule has 4 nitrogen and oxygen atoms in total. The zero-order valence-corrected chi connectivity index (χ0v) is 12.0. The van der Waals surface area contributed by atoms with E-state index in [0.717, 1.165) is 24.0 Å². The Morgan fingerprint density at radius 1 is 1.35 bits per heavy atom. The molecule has 0 aliphatic carbocycles. The summed E-state index contributed by atoms with van der Waals surface area (Å²) in [6, 6.07) is 7.81. The summed E-state index contributed by atoms with van der Waals surface area (Å²) in [6.07, 6.45) is 6.59. The van der Waals surface area contributed by atoms with Gasteiger partial charge < -0.3 is 9.84 Å². The molecular formula is C16H21N2O2+. The van der Waals surface area contributed by atoms with E-state index in [0.29, 0.717) is 13.0 Å². The molecule has 0 aliphatic rings. The van der Waals surface area contributed by atoms with Crippen LogP contribution in [0.5, 0.6) is 0 Å². The average molecular weight is 273 g/mol. The van der Waals surface area contributed by atoms with Gasteiger partial charge >= 0.3 is 11.6 Å². The van der Waals surface area contributed by atoms with E-state index in [-0.39, 0.29) is 11.6 Å². The third kappa shape index (κ3) is 4.77. The molecule has 1 N–H and O–H groups in total. The van der Waals surface area contributed by atoms with Crippen molar-refractivity contribution in [2.75, 3.05) is 6.61 Å². The maximum absolute atomic E-state index is 9.66. The van der Waals surface area contributed by atoms with Gasteiger partial charge in [0, 0.05) is 0 Å². The number of aliphatic hydroxyl groups is 1. The molecule has 1 rings (SSSR count). The monoisotopic (exact) mass is 273 g/mol. The Morgan fingerprint density at radius 2 is 2.10 bits per heavy atom. The lowest BCUT2D eigenvalue weighted by Crippen LogP contribution is -1.98. The zero-order chi connectivity index (χ0) is 14.8. The average Bonchev–Trinajstić information content (AvgIpc) is 2.46. The predicted molar refractivity (Wildman–Crippen MR) is 80.5 cm³/mol. The first-order chi connectivity index (χ1) is 9.72. The minimum absolute atomic E-state index is 0.128.